The summed E-state index contributed by atoms with van der Waals surface area (Å²) in [5, 5.41) is 0.996. The van der Waals surface area contributed by atoms with Crippen molar-refractivity contribution in [2.24, 2.45) is 11.8 Å². The molecule has 0 nitrogen and oxygen atoms in total. The lowest BCUT2D eigenvalue weighted by atomic mass is 9.93. The molecule has 0 aliphatic heterocycles. The lowest BCUT2D eigenvalue weighted by molar-refractivity contribution is 0.455. The van der Waals surface area contributed by atoms with Gasteiger partial charge in [-0.15, -0.1) is 0 Å². The second-order valence-corrected chi connectivity index (χ2v) is 5.47. The van der Waals surface area contributed by atoms with E-state index in [4.69, 9.17) is 0 Å². The Hall–Kier alpha value is -0.370. The molecular formula is C14H20BrF. The molecule has 0 saturated heterocycles. The summed E-state index contributed by atoms with van der Waals surface area (Å²) >= 11 is 3.55. The van der Waals surface area contributed by atoms with Crippen molar-refractivity contribution in [1.29, 1.82) is 0 Å². The third-order valence-corrected chi connectivity index (χ3v) is 3.70. The van der Waals surface area contributed by atoms with Crippen LogP contribution in [0.15, 0.2) is 24.3 Å². The van der Waals surface area contributed by atoms with Crippen LogP contribution in [-0.4, -0.2) is 5.33 Å². The van der Waals surface area contributed by atoms with Crippen molar-refractivity contribution in [3.8, 4) is 0 Å². The third-order valence-electron chi connectivity index (χ3n) is 2.78. The third kappa shape index (κ3) is 5.11. The minimum Gasteiger partial charge on any atom is -0.207 e. The second kappa shape index (κ2) is 7.05. The molecule has 0 aliphatic carbocycles. The fraction of sp³-hybridized carbons (Fsp3) is 0.571. The topological polar surface area (TPSA) is 0 Å². The monoisotopic (exact) mass is 286 g/mol. The first-order valence-electron chi connectivity index (χ1n) is 5.92. The first-order chi connectivity index (χ1) is 7.61. The highest BCUT2D eigenvalue weighted by Gasteiger charge is 2.09. The van der Waals surface area contributed by atoms with Crippen LogP contribution in [0.1, 0.15) is 32.3 Å². The molecular weight excluding hydrogens is 267 g/mol. The number of hydrogen-bond donors (Lipinski definition) is 0. The molecule has 0 spiro atoms. The number of alkyl halides is 1. The van der Waals surface area contributed by atoms with Crippen LogP contribution in [0.25, 0.3) is 0 Å². The SMILES string of the molecule is CC(C)CCC(CBr)Cc1cccc(F)c1. The number of halogens is 2. The van der Waals surface area contributed by atoms with E-state index >= 15 is 0 Å². The Labute approximate surface area is 106 Å². The van der Waals surface area contributed by atoms with Crippen LogP contribution in [0.2, 0.25) is 0 Å². The van der Waals surface area contributed by atoms with Gasteiger partial charge in [0.1, 0.15) is 5.82 Å². The van der Waals surface area contributed by atoms with Crippen molar-refractivity contribution in [3.63, 3.8) is 0 Å². The van der Waals surface area contributed by atoms with E-state index in [0.717, 1.165) is 23.2 Å². The van der Waals surface area contributed by atoms with Gasteiger partial charge in [0.2, 0.25) is 0 Å². The Bertz CT molecular complexity index is 309. The Balaban J connectivity index is 2.49. The Kier molecular flexibility index (Phi) is 6.04. The molecule has 1 unspecified atom stereocenters. The van der Waals surface area contributed by atoms with Gasteiger partial charge in [0.05, 0.1) is 0 Å². The molecule has 90 valence electrons. The molecule has 0 N–H and O–H groups in total. The van der Waals surface area contributed by atoms with E-state index in [9.17, 15) is 4.39 Å². The summed E-state index contributed by atoms with van der Waals surface area (Å²) in [5.41, 5.74) is 1.10. The van der Waals surface area contributed by atoms with Crippen molar-refractivity contribution < 1.29 is 4.39 Å². The molecule has 1 atom stereocenters. The van der Waals surface area contributed by atoms with Crippen molar-refractivity contribution >= 4 is 15.9 Å². The zero-order valence-electron chi connectivity index (χ0n) is 10.0. The molecule has 0 saturated carbocycles. The molecule has 0 heterocycles. The van der Waals surface area contributed by atoms with Crippen LogP contribution in [0.3, 0.4) is 0 Å². The fourth-order valence-electron chi connectivity index (χ4n) is 1.80. The van der Waals surface area contributed by atoms with E-state index in [2.05, 4.69) is 29.8 Å². The normalized spacial score (nSPS) is 13.1. The van der Waals surface area contributed by atoms with Gasteiger partial charge in [0, 0.05) is 5.33 Å². The first-order valence-corrected chi connectivity index (χ1v) is 7.04. The van der Waals surface area contributed by atoms with Crippen LogP contribution >= 0.6 is 15.9 Å². The number of benzene rings is 1. The largest absolute Gasteiger partial charge is 0.207 e. The smallest absolute Gasteiger partial charge is 0.123 e. The zero-order chi connectivity index (χ0) is 12.0. The summed E-state index contributed by atoms with van der Waals surface area (Å²) < 4.78 is 13.0. The highest BCUT2D eigenvalue weighted by Crippen LogP contribution is 2.19. The Morgan fingerprint density at radius 2 is 2.00 bits per heavy atom. The van der Waals surface area contributed by atoms with Crippen LogP contribution < -0.4 is 0 Å². The van der Waals surface area contributed by atoms with E-state index in [-0.39, 0.29) is 5.82 Å². The maximum Gasteiger partial charge on any atom is 0.123 e. The second-order valence-electron chi connectivity index (χ2n) is 4.83. The van der Waals surface area contributed by atoms with E-state index in [0.29, 0.717) is 5.92 Å². The minimum atomic E-state index is -0.130. The molecule has 0 fully saturated rings. The van der Waals surface area contributed by atoms with E-state index < -0.39 is 0 Å². The van der Waals surface area contributed by atoms with Gasteiger partial charge >= 0.3 is 0 Å². The van der Waals surface area contributed by atoms with E-state index in [1.165, 1.54) is 18.9 Å². The van der Waals surface area contributed by atoms with Gasteiger partial charge < -0.3 is 0 Å². The maximum absolute atomic E-state index is 13.0. The molecule has 0 radical (unpaired) electrons. The zero-order valence-corrected chi connectivity index (χ0v) is 11.6. The van der Waals surface area contributed by atoms with Crippen LogP contribution in [0, 0.1) is 17.7 Å². The van der Waals surface area contributed by atoms with E-state index in [1.54, 1.807) is 12.1 Å². The van der Waals surface area contributed by atoms with Gasteiger partial charge in [-0.2, -0.15) is 0 Å². The molecule has 2 heteroatoms. The van der Waals surface area contributed by atoms with Crippen LogP contribution in [0.5, 0.6) is 0 Å². The first kappa shape index (κ1) is 13.7. The molecule has 0 bridgehead atoms. The fourth-order valence-corrected chi connectivity index (χ4v) is 2.35. The molecule has 1 aromatic rings. The van der Waals surface area contributed by atoms with Crippen LogP contribution in [-0.2, 0) is 6.42 Å². The molecule has 1 rings (SSSR count). The molecule has 1 aromatic carbocycles. The summed E-state index contributed by atoms with van der Waals surface area (Å²) in [5.74, 6) is 1.23. The highest BCUT2D eigenvalue weighted by atomic mass is 79.9. The number of rotatable bonds is 6. The van der Waals surface area contributed by atoms with Gasteiger partial charge in [-0.3, -0.25) is 0 Å². The van der Waals surface area contributed by atoms with Gasteiger partial charge in [0.25, 0.3) is 0 Å². The molecule has 16 heavy (non-hydrogen) atoms. The standard InChI is InChI=1S/C14H20BrF/c1-11(2)6-7-13(10-15)8-12-4-3-5-14(16)9-12/h3-5,9,11,13H,6-8,10H2,1-2H3. The maximum atomic E-state index is 13.0. The lowest BCUT2D eigenvalue weighted by Crippen LogP contribution is -2.08. The molecule has 0 amide bonds. The number of hydrogen-bond acceptors (Lipinski definition) is 0. The van der Waals surface area contributed by atoms with Gasteiger partial charge in [-0.25, -0.2) is 4.39 Å². The quantitative estimate of drug-likeness (QED) is 0.658. The average molecular weight is 287 g/mol. The van der Waals surface area contributed by atoms with Crippen molar-refractivity contribution in [3.05, 3.63) is 35.6 Å². The molecule has 0 aliphatic rings. The van der Waals surface area contributed by atoms with Gasteiger partial charge in [0.15, 0.2) is 0 Å². The van der Waals surface area contributed by atoms with Crippen molar-refractivity contribution in [2.45, 2.75) is 33.1 Å². The summed E-state index contributed by atoms with van der Waals surface area (Å²) in [4.78, 5) is 0. The van der Waals surface area contributed by atoms with Gasteiger partial charge in [-0.05, 0) is 42.4 Å². The summed E-state index contributed by atoms with van der Waals surface area (Å²) in [6, 6.07) is 6.94. The molecule has 0 aromatic heterocycles. The Morgan fingerprint density at radius 3 is 2.56 bits per heavy atom. The average Bonchev–Trinajstić information content (AvgIpc) is 2.24. The van der Waals surface area contributed by atoms with Crippen LogP contribution in [0.4, 0.5) is 4.39 Å². The predicted octanol–water partition coefficient (Wildman–Crippen LogP) is 4.82. The Morgan fingerprint density at radius 1 is 1.25 bits per heavy atom. The lowest BCUT2D eigenvalue weighted by Gasteiger charge is -2.15. The predicted molar refractivity (Wildman–Crippen MR) is 71.5 cm³/mol. The summed E-state index contributed by atoms with van der Waals surface area (Å²) in [7, 11) is 0. The summed E-state index contributed by atoms with van der Waals surface area (Å²) in [6.45, 7) is 4.49. The minimum absolute atomic E-state index is 0.130. The van der Waals surface area contributed by atoms with Crippen molar-refractivity contribution in [1.82, 2.24) is 0 Å². The van der Waals surface area contributed by atoms with Crippen molar-refractivity contribution in [2.75, 3.05) is 5.33 Å². The summed E-state index contributed by atoms with van der Waals surface area (Å²) in [6.07, 6.45) is 3.42. The highest BCUT2D eigenvalue weighted by molar-refractivity contribution is 9.09. The van der Waals surface area contributed by atoms with Gasteiger partial charge in [-0.1, -0.05) is 48.3 Å². The van der Waals surface area contributed by atoms with E-state index in [1.807, 2.05) is 6.07 Å².